The lowest BCUT2D eigenvalue weighted by atomic mass is 9.31. The van der Waals surface area contributed by atoms with Gasteiger partial charge >= 0.3 is 0 Å². The zero-order chi connectivity index (χ0) is 43.4. The van der Waals surface area contributed by atoms with Gasteiger partial charge in [-0.1, -0.05) is 167 Å². The molecule has 3 heterocycles. The average molecular weight is 828 g/mol. The lowest BCUT2D eigenvalue weighted by Crippen LogP contribution is -2.64. The van der Waals surface area contributed by atoms with Crippen LogP contribution in [0.3, 0.4) is 0 Å². The van der Waals surface area contributed by atoms with Crippen LogP contribution in [0.15, 0.2) is 127 Å². The summed E-state index contributed by atoms with van der Waals surface area (Å²) in [6, 6.07) is 50.6. The Morgan fingerprint density at radius 1 is 0.516 bits per heavy atom. The molecule has 0 amide bonds. The normalized spacial score (nSPS) is 19.5. The van der Waals surface area contributed by atoms with Gasteiger partial charge in [0.1, 0.15) is 0 Å². The summed E-state index contributed by atoms with van der Waals surface area (Å²) < 4.78 is 2.86. The second-order valence-corrected chi connectivity index (χ2v) is 24.1. The fourth-order valence-electron chi connectivity index (χ4n) is 12.4. The monoisotopic (exact) mass is 827 g/mol. The highest BCUT2D eigenvalue weighted by Crippen LogP contribution is 2.55. The molecule has 2 aliphatic heterocycles. The van der Waals surface area contributed by atoms with E-state index in [0.717, 1.165) is 0 Å². The Bertz CT molecular complexity index is 2920. The number of nitrogens with zero attached hydrogens (tertiary/aromatic N) is 1. The zero-order valence-electron chi connectivity index (χ0n) is 38.9. The molecule has 3 heteroatoms. The average Bonchev–Trinajstić information content (AvgIpc) is 3.63. The predicted molar refractivity (Wildman–Crippen MR) is 269 cm³/mol. The quantitative estimate of drug-likeness (QED) is 0.160. The minimum absolute atomic E-state index is 0.0128. The molecule has 0 unspecified atom stereocenters. The highest BCUT2D eigenvalue weighted by Gasteiger charge is 2.54. The molecule has 312 valence electrons. The molecule has 0 saturated carbocycles. The Balaban J connectivity index is 1.32. The molecule has 0 N–H and O–H groups in total. The lowest BCUT2D eigenvalue weighted by Gasteiger charge is -2.49. The maximum absolute atomic E-state index is 2.71. The molecule has 62 heavy (non-hydrogen) atoms. The van der Waals surface area contributed by atoms with Gasteiger partial charge in [-0.2, -0.15) is 0 Å². The van der Waals surface area contributed by atoms with E-state index in [9.17, 15) is 0 Å². The van der Waals surface area contributed by atoms with Crippen LogP contribution in [0, 0.1) is 0 Å². The van der Waals surface area contributed by atoms with Gasteiger partial charge in [0.25, 0.3) is 6.71 Å². The molecule has 0 atom stereocenters. The minimum atomic E-state index is -0.547. The molecule has 2 aliphatic carbocycles. The van der Waals surface area contributed by atoms with Crippen molar-refractivity contribution in [1.29, 1.82) is 0 Å². The zero-order valence-corrected chi connectivity index (χ0v) is 39.7. The van der Waals surface area contributed by atoms with Crippen LogP contribution in [0.4, 0.5) is 17.1 Å². The van der Waals surface area contributed by atoms with E-state index in [0.29, 0.717) is 0 Å². The van der Waals surface area contributed by atoms with Gasteiger partial charge in [-0.05, 0) is 160 Å². The van der Waals surface area contributed by atoms with Crippen LogP contribution in [0.1, 0.15) is 152 Å². The van der Waals surface area contributed by atoms with Crippen LogP contribution >= 0.6 is 11.3 Å². The Morgan fingerprint density at radius 3 is 1.68 bits per heavy atom. The Labute approximate surface area is 375 Å². The molecule has 0 bridgehead atoms. The molecule has 7 aromatic rings. The summed E-state index contributed by atoms with van der Waals surface area (Å²) in [5.41, 5.74) is 19.6. The van der Waals surface area contributed by atoms with E-state index in [1.807, 2.05) is 11.3 Å². The number of hydrogen-bond donors (Lipinski definition) is 0. The van der Waals surface area contributed by atoms with Crippen molar-refractivity contribution in [1.82, 2.24) is 0 Å². The summed E-state index contributed by atoms with van der Waals surface area (Å²) in [6.45, 7) is 27.0. The van der Waals surface area contributed by atoms with E-state index in [2.05, 4.69) is 208 Å². The third kappa shape index (κ3) is 5.52. The van der Waals surface area contributed by atoms with Gasteiger partial charge in [0.2, 0.25) is 0 Å². The fourth-order valence-corrected chi connectivity index (χ4v) is 13.8. The van der Waals surface area contributed by atoms with E-state index in [1.54, 1.807) is 0 Å². The van der Waals surface area contributed by atoms with E-state index in [4.69, 9.17) is 0 Å². The van der Waals surface area contributed by atoms with E-state index >= 15 is 0 Å². The van der Waals surface area contributed by atoms with Crippen LogP contribution in [0.2, 0.25) is 0 Å². The number of thiophene rings is 1. The highest BCUT2D eigenvalue weighted by atomic mass is 32.1. The van der Waals surface area contributed by atoms with Crippen LogP contribution in [-0.2, 0) is 32.5 Å². The van der Waals surface area contributed by atoms with Gasteiger partial charge in [-0.25, -0.2) is 0 Å². The molecule has 1 nitrogen and oxygen atoms in total. The minimum Gasteiger partial charge on any atom is -0.311 e. The van der Waals surface area contributed by atoms with Gasteiger partial charge < -0.3 is 4.90 Å². The SMILES string of the molecule is CC(C)(C)c1ccc2sc3c(c2c1)C(c1ccccc1)(c1ccccc1)c1cccc2c1B3c1cc3c(cc1N2c1ccc2c(c1)C(C)(C)CCC2(C)C)C(C)(C)CCC3(C)C. The first kappa shape index (κ1) is 40.0. The van der Waals surface area contributed by atoms with E-state index in [-0.39, 0.29) is 33.8 Å². The molecule has 0 spiro atoms. The van der Waals surface area contributed by atoms with Crippen LogP contribution in [0.5, 0.6) is 0 Å². The second kappa shape index (κ2) is 13.1. The molecular weight excluding hydrogens is 766 g/mol. The Morgan fingerprint density at radius 2 is 1.08 bits per heavy atom. The molecule has 6 aromatic carbocycles. The summed E-state index contributed by atoms with van der Waals surface area (Å²) in [6.07, 6.45) is 4.77. The van der Waals surface area contributed by atoms with E-state index < -0.39 is 5.41 Å². The van der Waals surface area contributed by atoms with Crippen molar-refractivity contribution in [3.05, 3.63) is 177 Å². The van der Waals surface area contributed by atoms with Crippen molar-refractivity contribution in [2.75, 3.05) is 4.90 Å². The van der Waals surface area contributed by atoms with Crippen molar-refractivity contribution in [2.24, 2.45) is 0 Å². The molecular formula is C59H62BNS. The molecule has 11 rings (SSSR count). The Hall–Kier alpha value is -4.86. The number of hydrogen-bond acceptors (Lipinski definition) is 2. The summed E-state index contributed by atoms with van der Waals surface area (Å²) in [7, 11) is 0. The van der Waals surface area contributed by atoms with Crippen LogP contribution in [-0.4, -0.2) is 6.71 Å². The summed E-state index contributed by atoms with van der Waals surface area (Å²) in [5, 5.41) is 1.39. The maximum Gasteiger partial charge on any atom is 0.260 e. The van der Waals surface area contributed by atoms with Gasteiger partial charge in [0, 0.05) is 21.8 Å². The number of rotatable bonds is 3. The highest BCUT2D eigenvalue weighted by molar-refractivity contribution is 7.33. The van der Waals surface area contributed by atoms with Crippen LogP contribution in [0.25, 0.3) is 10.1 Å². The van der Waals surface area contributed by atoms with Gasteiger partial charge in [-0.15, -0.1) is 11.3 Å². The van der Waals surface area contributed by atoms with Crippen molar-refractivity contribution in [3.63, 3.8) is 0 Å². The van der Waals surface area contributed by atoms with Gasteiger partial charge in [-0.3, -0.25) is 0 Å². The van der Waals surface area contributed by atoms with Gasteiger partial charge in [0.05, 0.1) is 5.41 Å². The fraction of sp³-hybridized carbons (Fsp3) is 0.356. The van der Waals surface area contributed by atoms with E-state index in [1.165, 1.54) is 119 Å². The first-order valence-electron chi connectivity index (χ1n) is 23.3. The standard InChI is InChI=1S/C59H62BNS/c1-54(2,3)39-25-28-50-41(33-39)51-53(62-50)60-47-35-45-46(58(10,11)32-31-57(45,8)9)36-49(47)61(40-26-27-42-44(34-40)56(6,7)30-29-55(42,4)5)48-24-18-23-43(52(48)60)59(51,37-19-14-12-15-20-37)38-21-16-13-17-22-38/h12-28,33-36H,29-32H2,1-11H3. The molecule has 4 aliphatic rings. The number of fused-ring (bicyclic) bond motifs is 8. The largest absolute Gasteiger partial charge is 0.311 e. The van der Waals surface area contributed by atoms with Gasteiger partial charge in [0.15, 0.2) is 0 Å². The summed E-state index contributed by atoms with van der Waals surface area (Å²) >= 11 is 2.05. The molecule has 0 saturated heterocycles. The number of benzene rings is 6. The smallest absolute Gasteiger partial charge is 0.260 e. The van der Waals surface area contributed by atoms with Crippen molar-refractivity contribution >= 4 is 60.9 Å². The lowest BCUT2D eigenvalue weighted by molar-refractivity contribution is 0.332. The van der Waals surface area contributed by atoms with Crippen molar-refractivity contribution in [2.45, 2.75) is 134 Å². The van der Waals surface area contributed by atoms with Crippen molar-refractivity contribution in [3.8, 4) is 0 Å². The molecule has 1 aromatic heterocycles. The van der Waals surface area contributed by atoms with Crippen LogP contribution < -0.4 is 20.6 Å². The number of anilines is 3. The molecule has 0 fully saturated rings. The predicted octanol–water partition coefficient (Wildman–Crippen LogP) is 13.9. The summed E-state index contributed by atoms with van der Waals surface area (Å²) in [4.78, 5) is 2.71. The Kier molecular flexibility index (Phi) is 8.44. The maximum atomic E-state index is 2.71. The third-order valence-corrected chi connectivity index (χ3v) is 17.5. The van der Waals surface area contributed by atoms with Crippen molar-refractivity contribution < 1.29 is 0 Å². The first-order chi connectivity index (χ1) is 29.3. The first-order valence-corrected chi connectivity index (χ1v) is 24.1. The second-order valence-electron chi connectivity index (χ2n) is 23.0. The molecule has 0 radical (unpaired) electrons. The third-order valence-electron chi connectivity index (χ3n) is 16.3. The summed E-state index contributed by atoms with van der Waals surface area (Å²) in [5.74, 6) is 0. The topological polar surface area (TPSA) is 3.24 Å².